The van der Waals surface area contributed by atoms with Crippen LogP contribution < -0.4 is 15.5 Å². The lowest BCUT2D eigenvalue weighted by atomic mass is 10.2. The second kappa shape index (κ2) is 7.83. The number of nitrogens with zero attached hydrogens (tertiary/aromatic N) is 3. The Morgan fingerprint density at radius 3 is 2.86 bits per heavy atom. The minimum atomic E-state index is 0.351. The van der Waals surface area contributed by atoms with Gasteiger partial charge >= 0.3 is 0 Å². The molecular weight excluding hydrogens is 266 g/mol. The Kier molecular flexibility index (Phi) is 5.80. The predicted octanol–water partition coefficient (Wildman–Crippen LogP) is 0.992. The summed E-state index contributed by atoms with van der Waals surface area (Å²) in [6.07, 6.45) is 1.84. The van der Waals surface area contributed by atoms with Crippen LogP contribution in [0.1, 0.15) is 19.4 Å². The molecule has 0 unspecified atom stereocenters. The fourth-order valence-corrected chi connectivity index (χ4v) is 2.28. The number of nitrogens with one attached hydrogen (secondary N) is 2. The molecule has 2 N–H and O–H groups in total. The summed E-state index contributed by atoms with van der Waals surface area (Å²) in [5.41, 5.74) is 1.17. The van der Waals surface area contributed by atoms with Gasteiger partial charge in [0.15, 0.2) is 5.96 Å². The van der Waals surface area contributed by atoms with E-state index in [1.807, 2.05) is 12.3 Å². The van der Waals surface area contributed by atoms with Crippen molar-refractivity contribution in [2.75, 3.05) is 38.3 Å². The Bertz CT molecular complexity index is 469. The molecule has 0 atom stereocenters. The van der Waals surface area contributed by atoms with Crippen molar-refractivity contribution in [2.45, 2.75) is 26.4 Å². The minimum Gasteiger partial charge on any atom is -0.378 e. The largest absolute Gasteiger partial charge is 0.378 e. The van der Waals surface area contributed by atoms with E-state index in [4.69, 9.17) is 4.74 Å². The van der Waals surface area contributed by atoms with Crippen LogP contribution >= 0.6 is 0 Å². The lowest BCUT2D eigenvalue weighted by molar-refractivity contribution is 0.122. The summed E-state index contributed by atoms with van der Waals surface area (Å²) in [6.45, 7) is 8.20. The molecule has 0 spiro atoms. The Morgan fingerprint density at radius 1 is 1.43 bits per heavy atom. The average Bonchev–Trinajstić information content (AvgIpc) is 2.52. The molecule has 1 aliphatic rings. The number of rotatable bonds is 4. The first-order valence-electron chi connectivity index (χ1n) is 7.44. The smallest absolute Gasteiger partial charge is 0.191 e. The summed E-state index contributed by atoms with van der Waals surface area (Å²) in [7, 11) is 1.78. The highest BCUT2D eigenvalue weighted by atomic mass is 16.5. The first-order valence-corrected chi connectivity index (χ1v) is 7.44. The second-order valence-corrected chi connectivity index (χ2v) is 5.31. The number of guanidine groups is 1. The molecule has 1 aliphatic heterocycles. The van der Waals surface area contributed by atoms with Crippen LogP contribution in [0.25, 0.3) is 0 Å². The maximum Gasteiger partial charge on any atom is 0.191 e. The zero-order valence-electron chi connectivity index (χ0n) is 13.1. The fourth-order valence-electron chi connectivity index (χ4n) is 2.28. The SMILES string of the molecule is CN=C(NCc1cccnc1N1CCOCC1)NC(C)C. The van der Waals surface area contributed by atoms with Gasteiger partial charge in [0, 0.05) is 44.5 Å². The molecule has 1 fully saturated rings. The van der Waals surface area contributed by atoms with Gasteiger partial charge in [-0.1, -0.05) is 6.07 Å². The molecule has 1 aromatic rings. The number of hydrogen-bond donors (Lipinski definition) is 2. The second-order valence-electron chi connectivity index (χ2n) is 5.31. The summed E-state index contributed by atoms with van der Waals surface area (Å²) >= 11 is 0. The van der Waals surface area contributed by atoms with Gasteiger partial charge in [-0.15, -0.1) is 0 Å². The molecule has 6 heteroatoms. The van der Waals surface area contributed by atoms with Gasteiger partial charge in [0.1, 0.15) is 5.82 Å². The van der Waals surface area contributed by atoms with E-state index < -0.39 is 0 Å². The molecule has 21 heavy (non-hydrogen) atoms. The highest BCUT2D eigenvalue weighted by molar-refractivity contribution is 5.80. The molecule has 116 valence electrons. The van der Waals surface area contributed by atoms with Crippen LogP contribution in [0.5, 0.6) is 0 Å². The average molecular weight is 291 g/mol. The monoisotopic (exact) mass is 291 g/mol. The van der Waals surface area contributed by atoms with Crippen LogP contribution in [0.4, 0.5) is 5.82 Å². The van der Waals surface area contributed by atoms with Gasteiger partial charge < -0.3 is 20.3 Å². The standard InChI is InChI=1S/C15H25N5O/c1-12(2)19-15(16-3)18-11-13-5-4-6-17-14(13)20-7-9-21-10-8-20/h4-6,12H,7-11H2,1-3H3,(H2,16,18,19). The molecule has 0 amide bonds. The number of anilines is 1. The first-order chi connectivity index (χ1) is 10.2. The van der Waals surface area contributed by atoms with Crippen molar-refractivity contribution in [3.8, 4) is 0 Å². The van der Waals surface area contributed by atoms with Crippen molar-refractivity contribution < 1.29 is 4.74 Å². The molecule has 0 bridgehead atoms. The Labute approximate surface area is 126 Å². The van der Waals surface area contributed by atoms with E-state index in [1.165, 1.54) is 5.56 Å². The van der Waals surface area contributed by atoms with Crippen LogP contribution in [-0.4, -0.2) is 50.3 Å². The molecule has 2 rings (SSSR count). The first kappa shape index (κ1) is 15.6. The van der Waals surface area contributed by atoms with E-state index in [0.29, 0.717) is 12.6 Å². The normalized spacial score (nSPS) is 16.2. The third kappa shape index (κ3) is 4.60. The van der Waals surface area contributed by atoms with E-state index in [-0.39, 0.29) is 0 Å². The number of aromatic nitrogens is 1. The van der Waals surface area contributed by atoms with Crippen molar-refractivity contribution in [2.24, 2.45) is 4.99 Å². The number of aliphatic imine (C=N–C) groups is 1. The van der Waals surface area contributed by atoms with Crippen molar-refractivity contribution in [3.63, 3.8) is 0 Å². The minimum absolute atomic E-state index is 0.351. The summed E-state index contributed by atoms with van der Waals surface area (Å²) in [4.78, 5) is 11.0. The third-order valence-corrected chi connectivity index (χ3v) is 3.27. The molecule has 0 saturated carbocycles. The van der Waals surface area contributed by atoms with Gasteiger partial charge in [-0.3, -0.25) is 4.99 Å². The van der Waals surface area contributed by atoms with Gasteiger partial charge in [0.25, 0.3) is 0 Å². The summed E-state index contributed by atoms with van der Waals surface area (Å²) in [5, 5.41) is 6.62. The van der Waals surface area contributed by atoms with Crippen molar-refractivity contribution in [1.29, 1.82) is 0 Å². The highest BCUT2D eigenvalue weighted by Crippen LogP contribution is 2.18. The van der Waals surface area contributed by atoms with Crippen molar-refractivity contribution in [1.82, 2.24) is 15.6 Å². The number of ether oxygens (including phenoxy) is 1. The predicted molar refractivity (Wildman–Crippen MR) is 85.7 cm³/mol. The Balaban J connectivity index is 2.02. The maximum atomic E-state index is 5.41. The van der Waals surface area contributed by atoms with Crippen LogP contribution in [-0.2, 0) is 11.3 Å². The third-order valence-electron chi connectivity index (χ3n) is 3.27. The molecule has 0 aliphatic carbocycles. The van der Waals surface area contributed by atoms with Gasteiger partial charge in [-0.2, -0.15) is 0 Å². The molecule has 0 aromatic carbocycles. The zero-order valence-corrected chi connectivity index (χ0v) is 13.1. The van der Waals surface area contributed by atoms with E-state index in [0.717, 1.165) is 38.1 Å². The molecule has 2 heterocycles. The van der Waals surface area contributed by atoms with Crippen LogP contribution in [0.2, 0.25) is 0 Å². The lowest BCUT2D eigenvalue weighted by Gasteiger charge is -2.29. The van der Waals surface area contributed by atoms with Crippen molar-refractivity contribution >= 4 is 11.8 Å². The summed E-state index contributed by atoms with van der Waals surface area (Å²) in [5.74, 6) is 1.84. The summed E-state index contributed by atoms with van der Waals surface area (Å²) < 4.78 is 5.41. The molecule has 1 saturated heterocycles. The van der Waals surface area contributed by atoms with Crippen LogP contribution in [0.15, 0.2) is 23.3 Å². The Hall–Kier alpha value is -1.82. The topological polar surface area (TPSA) is 61.8 Å². The maximum absolute atomic E-state index is 5.41. The number of hydrogen-bond acceptors (Lipinski definition) is 4. The number of morpholine rings is 1. The van der Waals surface area contributed by atoms with Crippen LogP contribution in [0.3, 0.4) is 0 Å². The Morgan fingerprint density at radius 2 is 2.19 bits per heavy atom. The summed E-state index contributed by atoms with van der Waals surface area (Å²) in [6, 6.07) is 4.43. The van der Waals surface area contributed by atoms with E-state index in [1.54, 1.807) is 7.05 Å². The molecule has 0 radical (unpaired) electrons. The highest BCUT2D eigenvalue weighted by Gasteiger charge is 2.15. The lowest BCUT2D eigenvalue weighted by Crippen LogP contribution is -2.41. The van der Waals surface area contributed by atoms with E-state index in [9.17, 15) is 0 Å². The molecular formula is C15H25N5O. The molecule has 1 aromatic heterocycles. The zero-order chi connectivity index (χ0) is 15.1. The van der Waals surface area contributed by atoms with Gasteiger partial charge in [-0.25, -0.2) is 4.98 Å². The van der Waals surface area contributed by atoms with Gasteiger partial charge in [-0.05, 0) is 19.9 Å². The van der Waals surface area contributed by atoms with Crippen LogP contribution in [0, 0.1) is 0 Å². The fraction of sp³-hybridized carbons (Fsp3) is 0.600. The quantitative estimate of drug-likeness (QED) is 0.640. The molecule has 6 nitrogen and oxygen atoms in total. The van der Waals surface area contributed by atoms with Crippen molar-refractivity contribution in [3.05, 3.63) is 23.9 Å². The van der Waals surface area contributed by atoms with Gasteiger partial charge in [0.2, 0.25) is 0 Å². The van der Waals surface area contributed by atoms with E-state index in [2.05, 4.69) is 45.4 Å². The van der Waals surface area contributed by atoms with E-state index >= 15 is 0 Å². The van der Waals surface area contributed by atoms with Gasteiger partial charge in [0.05, 0.1) is 13.2 Å². The number of pyridine rings is 1.